The minimum atomic E-state index is 1.14. The highest BCUT2D eigenvalue weighted by Gasteiger charge is 2.00. The van der Waals surface area contributed by atoms with E-state index in [1.54, 1.807) is 0 Å². The lowest BCUT2D eigenvalue weighted by molar-refractivity contribution is 0.638. The van der Waals surface area contributed by atoms with Gasteiger partial charge in [-0.05, 0) is 25.5 Å². The molecule has 1 heteroatoms. The predicted molar refractivity (Wildman–Crippen MR) is 57.9 cm³/mol. The number of hydrogen-bond acceptors (Lipinski definition) is 1. The zero-order valence-electron chi connectivity index (χ0n) is 8.40. The van der Waals surface area contributed by atoms with Crippen LogP contribution in [0.4, 0.5) is 0 Å². The van der Waals surface area contributed by atoms with Gasteiger partial charge < -0.3 is 4.90 Å². The quantitative estimate of drug-likeness (QED) is 0.633. The maximum atomic E-state index is 2.26. The normalized spacial score (nSPS) is 19.2. The SMILES string of the molecule is C/C=C\N1C=CC=C/C1=C\CCC. The van der Waals surface area contributed by atoms with Crippen LogP contribution < -0.4 is 0 Å². The Bertz CT molecular complexity index is 256. The molecule has 13 heavy (non-hydrogen) atoms. The molecule has 1 rings (SSSR count). The van der Waals surface area contributed by atoms with Crippen LogP contribution in [0.25, 0.3) is 0 Å². The van der Waals surface area contributed by atoms with Gasteiger partial charge in [0.2, 0.25) is 0 Å². The summed E-state index contributed by atoms with van der Waals surface area (Å²) >= 11 is 0. The number of hydrogen-bond donors (Lipinski definition) is 0. The fourth-order valence-electron chi connectivity index (χ4n) is 1.23. The first-order valence-corrected chi connectivity index (χ1v) is 4.84. The van der Waals surface area contributed by atoms with Crippen LogP contribution in [0.3, 0.4) is 0 Å². The largest absolute Gasteiger partial charge is 0.325 e. The number of rotatable bonds is 3. The van der Waals surface area contributed by atoms with E-state index in [4.69, 9.17) is 0 Å². The first kappa shape index (κ1) is 9.85. The molecule has 0 fully saturated rings. The molecule has 70 valence electrons. The molecule has 0 amide bonds. The minimum absolute atomic E-state index is 1.14. The zero-order chi connectivity index (χ0) is 9.52. The lowest BCUT2D eigenvalue weighted by atomic mass is 10.2. The van der Waals surface area contributed by atoms with Gasteiger partial charge in [0.25, 0.3) is 0 Å². The van der Waals surface area contributed by atoms with Crippen molar-refractivity contribution in [2.24, 2.45) is 0 Å². The Labute approximate surface area is 80.7 Å². The van der Waals surface area contributed by atoms with Gasteiger partial charge in [0.15, 0.2) is 0 Å². The standard InChI is InChI=1S/C12H17N/c1-3-5-8-12-9-6-7-11-13(12)10-4-2/h4,6-11H,3,5H2,1-2H3/b10-4-,12-8+. The molecule has 0 atom stereocenters. The molecule has 0 spiro atoms. The van der Waals surface area contributed by atoms with E-state index >= 15 is 0 Å². The van der Waals surface area contributed by atoms with Crippen molar-refractivity contribution in [2.75, 3.05) is 0 Å². The van der Waals surface area contributed by atoms with Crippen molar-refractivity contribution >= 4 is 0 Å². The van der Waals surface area contributed by atoms with Crippen LogP contribution in [-0.2, 0) is 0 Å². The van der Waals surface area contributed by atoms with Gasteiger partial charge in [0.1, 0.15) is 0 Å². The highest BCUT2D eigenvalue weighted by Crippen LogP contribution is 2.13. The third-order valence-corrected chi connectivity index (χ3v) is 1.87. The van der Waals surface area contributed by atoms with Gasteiger partial charge in [-0.15, -0.1) is 0 Å². The maximum Gasteiger partial charge on any atom is 0.0409 e. The van der Waals surface area contributed by atoms with Gasteiger partial charge in [0, 0.05) is 18.1 Å². The summed E-state index contributed by atoms with van der Waals surface area (Å²) in [5.74, 6) is 0. The molecular formula is C12H17N. The van der Waals surface area contributed by atoms with E-state index in [2.05, 4.69) is 42.5 Å². The zero-order valence-corrected chi connectivity index (χ0v) is 8.40. The molecule has 1 aliphatic heterocycles. The highest BCUT2D eigenvalue weighted by molar-refractivity contribution is 5.29. The molecule has 0 N–H and O–H groups in total. The topological polar surface area (TPSA) is 3.24 Å². The summed E-state index contributed by atoms with van der Waals surface area (Å²) < 4.78 is 0. The highest BCUT2D eigenvalue weighted by atomic mass is 15.1. The Hall–Kier alpha value is -1.24. The van der Waals surface area contributed by atoms with E-state index in [0.717, 1.165) is 6.42 Å². The summed E-state index contributed by atoms with van der Waals surface area (Å²) in [5, 5.41) is 0. The van der Waals surface area contributed by atoms with Crippen molar-refractivity contribution in [3.05, 3.63) is 48.5 Å². The lowest BCUT2D eigenvalue weighted by Crippen LogP contribution is -2.09. The third kappa shape index (κ3) is 2.94. The molecule has 1 heterocycles. The van der Waals surface area contributed by atoms with Gasteiger partial charge in [-0.2, -0.15) is 0 Å². The van der Waals surface area contributed by atoms with Crippen LogP contribution in [0.15, 0.2) is 48.5 Å². The van der Waals surface area contributed by atoms with Crippen molar-refractivity contribution in [3.63, 3.8) is 0 Å². The molecule has 0 saturated carbocycles. The van der Waals surface area contributed by atoms with E-state index in [1.165, 1.54) is 12.1 Å². The van der Waals surface area contributed by atoms with Gasteiger partial charge in [-0.3, -0.25) is 0 Å². The Morgan fingerprint density at radius 2 is 2.23 bits per heavy atom. The van der Waals surface area contributed by atoms with Crippen molar-refractivity contribution in [3.8, 4) is 0 Å². The van der Waals surface area contributed by atoms with Crippen LogP contribution in [0, 0.1) is 0 Å². The summed E-state index contributed by atoms with van der Waals surface area (Å²) in [7, 11) is 0. The van der Waals surface area contributed by atoms with Crippen LogP contribution in [-0.4, -0.2) is 4.90 Å². The van der Waals surface area contributed by atoms with E-state index < -0.39 is 0 Å². The number of nitrogens with zero attached hydrogens (tertiary/aromatic N) is 1. The van der Waals surface area contributed by atoms with E-state index in [1.807, 2.05) is 19.1 Å². The molecule has 0 aliphatic carbocycles. The molecule has 1 nitrogen and oxygen atoms in total. The minimum Gasteiger partial charge on any atom is -0.325 e. The number of unbranched alkanes of at least 4 members (excludes halogenated alkanes) is 1. The first-order chi connectivity index (χ1) is 6.38. The maximum absolute atomic E-state index is 2.26. The monoisotopic (exact) mass is 175 g/mol. The van der Waals surface area contributed by atoms with Crippen LogP contribution in [0.5, 0.6) is 0 Å². The van der Waals surface area contributed by atoms with Crippen LogP contribution in [0.1, 0.15) is 26.7 Å². The molecule has 1 aliphatic rings. The Kier molecular flexibility index (Phi) is 4.10. The molecule has 0 bridgehead atoms. The second-order valence-corrected chi connectivity index (χ2v) is 3.01. The van der Waals surface area contributed by atoms with Gasteiger partial charge in [0.05, 0.1) is 0 Å². The lowest BCUT2D eigenvalue weighted by Gasteiger charge is -2.19. The Balaban J connectivity index is 2.70. The summed E-state index contributed by atoms with van der Waals surface area (Å²) in [4.78, 5) is 2.13. The molecule has 0 unspecified atom stereocenters. The van der Waals surface area contributed by atoms with E-state index in [-0.39, 0.29) is 0 Å². The predicted octanol–water partition coefficient (Wildman–Crippen LogP) is 3.59. The first-order valence-electron chi connectivity index (χ1n) is 4.84. The van der Waals surface area contributed by atoms with Gasteiger partial charge >= 0.3 is 0 Å². The summed E-state index contributed by atoms with van der Waals surface area (Å²) in [6.07, 6.45) is 17.0. The summed E-state index contributed by atoms with van der Waals surface area (Å²) in [6, 6.07) is 0. The average molecular weight is 175 g/mol. The average Bonchev–Trinajstić information content (AvgIpc) is 2.17. The molecule has 0 radical (unpaired) electrons. The van der Waals surface area contributed by atoms with Crippen LogP contribution in [0.2, 0.25) is 0 Å². The Morgan fingerprint density at radius 1 is 1.38 bits per heavy atom. The molecule has 0 aromatic rings. The fourth-order valence-corrected chi connectivity index (χ4v) is 1.23. The smallest absolute Gasteiger partial charge is 0.0409 e. The second kappa shape index (κ2) is 5.41. The fraction of sp³-hybridized carbons (Fsp3) is 0.333. The van der Waals surface area contributed by atoms with Crippen LogP contribution >= 0.6 is 0 Å². The summed E-state index contributed by atoms with van der Waals surface area (Å²) in [6.45, 7) is 4.23. The molecular weight excluding hydrogens is 158 g/mol. The van der Waals surface area contributed by atoms with Gasteiger partial charge in [-0.1, -0.05) is 31.6 Å². The number of allylic oxidation sites excluding steroid dienone is 5. The van der Waals surface area contributed by atoms with Crippen molar-refractivity contribution in [1.82, 2.24) is 4.90 Å². The van der Waals surface area contributed by atoms with Gasteiger partial charge in [-0.25, -0.2) is 0 Å². The van der Waals surface area contributed by atoms with E-state index in [0.29, 0.717) is 0 Å². The summed E-state index contributed by atoms with van der Waals surface area (Å²) in [5.41, 5.74) is 1.27. The third-order valence-electron chi connectivity index (χ3n) is 1.87. The van der Waals surface area contributed by atoms with Crippen molar-refractivity contribution < 1.29 is 0 Å². The molecule has 0 aromatic carbocycles. The molecule has 0 saturated heterocycles. The van der Waals surface area contributed by atoms with Crippen molar-refractivity contribution in [2.45, 2.75) is 26.7 Å². The molecule has 0 aromatic heterocycles. The van der Waals surface area contributed by atoms with E-state index in [9.17, 15) is 0 Å². The van der Waals surface area contributed by atoms with Crippen molar-refractivity contribution in [1.29, 1.82) is 0 Å². The Morgan fingerprint density at radius 3 is 2.92 bits per heavy atom. The second-order valence-electron chi connectivity index (χ2n) is 3.01.